The van der Waals surface area contributed by atoms with E-state index in [4.69, 9.17) is 0 Å². The van der Waals surface area contributed by atoms with Gasteiger partial charge in [-0.2, -0.15) is 0 Å². The molecule has 148 valence electrons. The number of amides is 2. The number of benzene rings is 2. The molecule has 0 aliphatic rings. The van der Waals surface area contributed by atoms with E-state index in [1.54, 1.807) is 18.2 Å². The first kappa shape index (κ1) is 20.9. The number of rotatable bonds is 9. The maximum absolute atomic E-state index is 12.1. The molecule has 8 heteroatoms. The van der Waals surface area contributed by atoms with Crippen LogP contribution in [0.3, 0.4) is 0 Å². The molecule has 0 heterocycles. The fourth-order valence-corrected chi connectivity index (χ4v) is 2.67. The molecule has 0 saturated heterocycles. The van der Waals surface area contributed by atoms with E-state index in [2.05, 4.69) is 16.0 Å². The Morgan fingerprint density at radius 1 is 1.11 bits per heavy atom. The van der Waals surface area contributed by atoms with Crippen molar-refractivity contribution in [1.82, 2.24) is 5.32 Å². The lowest BCUT2D eigenvalue weighted by molar-refractivity contribution is -0.384. The predicted octanol–water partition coefficient (Wildman–Crippen LogP) is 3.62. The lowest BCUT2D eigenvalue weighted by Gasteiger charge is -2.15. The molecule has 0 spiro atoms. The van der Waals surface area contributed by atoms with Crippen molar-refractivity contribution in [2.45, 2.75) is 32.7 Å². The minimum Gasteiger partial charge on any atom is -0.385 e. The molecule has 0 aliphatic heterocycles. The molecule has 0 fully saturated rings. The van der Waals surface area contributed by atoms with Gasteiger partial charge in [0.25, 0.3) is 5.69 Å². The molecule has 3 N–H and O–H groups in total. The normalized spacial score (nSPS) is 11.4. The molecule has 0 saturated carbocycles. The van der Waals surface area contributed by atoms with Crippen LogP contribution in [0.1, 0.15) is 38.3 Å². The maximum Gasteiger partial charge on any atom is 0.269 e. The largest absolute Gasteiger partial charge is 0.385 e. The second-order valence-electron chi connectivity index (χ2n) is 6.43. The van der Waals surface area contributed by atoms with Crippen LogP contribution in [-0.4, -0.2) is 23.3 Å². The Morgan fingerprint density at radius 2 is 1.82 bits per heavy atom. The van der Waals surface area contributed by atoms with Gasteiger partial charge in [-0.15, -0.1) is 0 Å². The standard InChI is InChI=1S/C20H24N4O4/c1-14(16-5-3-6-18(13-16)23-15(2)25)22-20(26)7-4-12-21-17-8-10-19(11-9-17)24(27)28/h3,5-6,8-11,13-14,21H,4,7,12H2,1-2H3,(H,22,26)(H,23,25). The zero-order chi connectivity index (χ0) is 20.5. The van der Waals surface area contributed by atoms with E-state index in [1.165, 1.54) is 19.1 Å². The van der Waals surface area contributed by atoms with Crippen LogP contribution in [0.15, 0.2) is 48.5 Å². The van der Waals surface area contributed by atoms with Crippen molar-refractivity contribution >= 4 is 28.9 Å². The van der Waals surface area contributed by atoms with Gasteiger partial charge in [0.05, 0.1) is 11.0 Å². The van der Waals surface area contributed by atoms with Gasteiger partial charge in [0.15, 0.2) is 0 Å². The Morgan fingerprint density at radius 3 is 2.46 bits per heavy atom. The Labute approximate surface area is 163 Å². The zero-order valence-corrected chi connectivity index (χ0v) is 15.9. The highest BCUT2D eigenvalue weighted by Gasteiger charge is 2.10. The van der Waals surface area contributed by atoms with E-state index in [0.717, 1.165) is 11.3 Å². The molecular formula is C20H24N4O4. The van der Waals surface area contributed by atoms with Crippen LogP contribution in [0.4, 0.5) is 17.1 Å². The van der Waals surface area contributed by atoms with Crippen LogP contribution < -0.4 is 16.0 Å². The number of nitrogens with one attached hydrogen (secondary N) is 3. The van der Waals surface area contributed by atoms with E-state index in [1.807, 2.05) is 25.1 Å². The Kier molecular flexibility index (Phi) is 7.50. The first-order chi connectivity index (χ1) is 13.3. The summed E-state index contributed by atoms with van der Waals surface area (Å²) in [5, 5.41) is 19.4. The quantitative estimate of drug-likeness (QED) is 0.347. The smallest absolute Gasteiger partial charge is 0.269 e. The number of hydrogen-bond acceptors (Lipinski definition) is 5. The Bertz CT molecular complexity index is 836. The van der Waals surface area contributed by atoms with Crippen molar-refractivity contribution in [1.29, 1.82) is 0 Å². The molecular weight excluding hydrogens is 360 g/mol. The highest BCUT2D eigenvalue weighted by molar-refractivity contribution is 5.88. The minimum absolute atomic E-state index is 0.0430. The summed E-state index contributed by atoms with van der Waals surface area (Å²) in [6, 6.07) is 13.3. The van der Waals surface area contributed by atoms with Crippen LogP contribution in [0.25, 0.3) is 0 Å². The molecule has 0 bridgehead atoms. The third-order valence-electron chi connectivity index (χ3n) is 4.07. The fourth-order valence-electron chi connectivity index (χ4n) is 2.67. The fraction of sp³-hybridized carbons (Fsp3) is 0.300. The summed E-state index contributed by atoms with van der Waals surface area (Å²) in [4.78, 5) is 33.5. The highest BCUT2D eigenvalue weighted by Crippen LogP contribution is 2.18. The van der Waals surface area contributed by atoms with Gasteiger partial charge < -0.3 is 16.0 Å². The topological polar surface area (TPSA) is 113 Å². The van der Waals surface area contributed by atoms with Crippen LogP contribution in [0.5, 0.6) is 0 Å². The number of carbonyl (C=O) groups excluding carboxylic acids is 2. The molecule has 2 aromatic carbocycles. The molecule has 8 nitrogen and oxygen atoms in total. The molecule has 0 radical (unpaired) electrons. The highest BCUT2D eigenvalue weighted by atomic mass is 16.6. The molecule has 2 aromatic rings. The van der Waals surface area contributed by atoms with E-state index >= 15 is 0 Å². The number of carbonyl (C=O) groups is 2. The van der Waals surface area contributed by atoms with E-state index in [9.17, 15) is 19.7 Å². The average Bonchev–Trinajstić information content (AvgIpc) is 2.65. The van der Waals surface area contributed by atoms with Gasteiger partial charge in [0, 0.05) is 43.4 Å². The third-order valence-corrected chi connectivity index (χ3v) is 4.07. The summed E-state index contributed by atoms with van der Waals surface area (Å²) in [6.07, 6.45) is 0.983. The number of hydrogen-bond donors (Lipinski definition) is 3. The molecule has 28 heavy (non-hydrogen) atoms. The predicted molar refractivity (Wildman–Crippen MR) is 108 cm³/mol. The number of nitrogens with zero attached hydrogens (tertiary/aromatic N) is 1. The van der Waals surface area contributed by atoms with Crippen molar-refractivity contribution in [3.63, 3.8) is 0 Å². The molecule has 2 rings (SSSR count). The molecule has 1 unspecified atom stereocenters. The third kappa shape index (κ3) is 6.71. The van der Waals surface area contributed by atoms with Gasteiger partial charge in [0.2, 0.25) is 11.8 Å². The summed E-state index contributed by atoms with van der Waals surface area (Å²) in [6.45, 7) is 3.92. The van der Waals surface area contributed by atoms with Crippen LogP contribution in [0, 0.1) is 10.1 Å². The first-order valence-electron chi connectivity index (χ1n) is 9.00. The number of nitro benzene ring substituents is 1. The second kappa shape index (κ2) is 10.1. The number of non-ortho nitro benzene ring substituents is 1. The van der Waals surface area contributed by atoms with Crippen molar-refractivity contribution in [3.05, 3.63) is 64.2 Å². The molecule has 0 aliphatic carbocycles. The summed E-state index contributed by atoms with van der Waals surface area (Å²) < 4.78 is 0. The van der Waals surface area contributed by atoms with E-state index in [-0.39, 0.29) is 23.5 Å². The molecule has 2 amide bonds. The van der Waals surface area contributed by atoms with Gasteiger partial charge in [-0.3, -0.25) is 19.7 Å². The summed E-state index contributed by atoms with van der Waals surface area (Å²) >= 11 is 0. The SMILES string of the molecule is CC(=O)Nc1cccc(C(C)NC(=O)CCCNc2ccc([N+](=O)[O-])cc2)c1. The van der Waals surface area contributed by atoms with Gasteiger partial charge in [-0.05, 0) is 43.2 Å². The van der Waals surface area contributed by atoms with E-state index < -0.39 is 4.92 Å². The van der Waals surface area contributed by atoms with Gasteiger partial charge in [-0.1, -0.05) is 12.1 Å². The summed E-state index contributed by atoms with van der Waals surface area (Å²) in [7, 11) is 0. The molecule has 0 aromatic heterocycles. The molecule has 1 atom stereocenters. The first-order valence-corrected chi connectivity index (χ1v) is 9.00. The monoisotopic (exact) mass is 384 g/mol. The van der Waals surface area contributed by atoms with Gasteiger partial charge in [-0.25, -0.2) is 0 Å². The Balaban J connectivity index is 1.74. The van der Waals surface area contributed by atoms with Crippen molar-refractivity contribution < 1.29 is 14.5 Å². The summed E-state index contributed by atoms with van der Waals surface area (Å²) in [5.41, 5.74) is 2.41. The van der Waals surface area contributed by atoms with Crippen LogP contribution >= 0.6 is 0 Å². The lowest BCUT2D eigenvalue weighted by Crippen LogP contribution is -2.27. The summed E-state index contributed by atoms with van der Waals surface area (Å²) in [5.74, 6) is -0.211. The van der Waals surface area contributed by atoms with E-state index in [0.29, 0.717) is 25.1 Å². The zero-order valence-electron chi connectivity index (χ0n) is 15.9. The van der Waals surface area contributed by atoms with Crippen LogP contribution in [-0.2, 0) is 9.59 Å². The minimum atomic E-state index is -0.443. The lowest BCUT2D eigenvalue weighted by atomic mass is 10.1. The van der Waals surface area contributed by atoms with Gasteiger partial charge in [0.1, 0.15) is 0 Å². The number of anilines is 2. The van der Waals surface area contributed by atoms with Crippen molar-refractivity contribution in [2.24, 2.45) is 0 Å². The average molecular weight is 384 g/mol. The maximum atomic E-state index is 12.1. The van der Waals surface area contributed by atoms with Gasteiger partial charge >= 0.3 is 0 Å². The van der Waals surface area contributed by atoms with Crippen molar-refractivity contribution in [2.75, 3.05) is 17.2 Å². The second-order valence-corrected chi connectivity index (χ2v) is 6.43. The number of nitro groups is 1. The Hall–Kier alpha value is -3.42. The van der Waals surface area contributed by atoms with Crippen LogP contribution in [0.2, 0.25) is 0 Å². The van der Waals surface area contributed by atoms with Crippen molar-refractivity contribution in [3.8, 4) is 0 Å².